The Morgan fingerprint density at radius 1 is 1.08 bits per heavy atom. The van der Waals surface area contributed by atoms with Crippen molar-refractivity contribution in [2.45, 2.75) is 17.7 Å². The fraction of sp³-hybridized carbons (Fsp3) is 0.294. The van der Waals surface area contributed by atoms with Crippen LogP contribution in [0.5, 0.6) is 0 Å². The quantitative estimate of drug-likeness (QED) is 0.539. The van der Waals surface area contributed by atoms with Crippen LogP contribution in [0.25, 0.3) is 0 Å². The van der Waals surface area contributed by atoms with Gasteiger partial charge in [-0.3, -0.25) is 9.59 Å². The second-order valence-electron chi connectivity index (χ2n) is 4.99. The van der Waals surface area contributed by atoms with E-state index in [0.717, 1.165) is 17.1 Å². The average Bonchev–Trinajstić information content (AvgIpc) is 3.11. The summed E-state index contributed by atoms with van der Waals surface area (Å²) in [5.74, 6) is 0.380. The molecular formula is C17H19FN2O3S. The van der Waals surface area contributed by atoms with Gasteiger partial charge in [0.1, 0.15) is 5.82 Å². The number of thioether (sulfide) groups is 1. The highest BCUT2D eigenvalue weighted by molar-refractivity contribution is 7.99. The molecule has 2 amide bonds. The summed E-state index contributed by atoms with van der Waals surface area (Å²) < 4.78 is 17.7. The highest BCUT2D eigenvalue weighted by atomic mass is 32.2. The van der Waals surface area contributed by atoms with E-state index in [9.17, 15) is 14.0 Å². The van der Waals surface area contributed by atoms with Gasteiger partial charge in [0.15, 0.2) is 5.76 Å². The first-order chi connectivity index (χ1) is 11.6. The highest BCUT2D eigenvalue weighted by Crippen LogP contribution is 2.18. The predicted octanol–water partition coefficient (Wildman–Crippen LogP) is 2.84. The Bertz CT molecular complexity index is 644. The molecule has 7 heteroatoms. The van der Waals surface area contributed by atoms with Crippen LogP contribution in [0.2, 0.25) is 0 Å². The van der Waals surface area contributed by atoms with Crippen molar-refractivity contribution in [2.75, 3.05) is 18.8 Å². The third-order valence-electron chi connectivity index (χ3n) is 3.11. The number of amides is 2. The Morgan fingerprint density at radius 2 is 1.88 bits per heavy atom. The van der Waals surface area contributed by atoms with Gasteiger partial charge in [0.25, 0.3) is 5.91 Å². The van der Waals surface area contributed by atoms with Crippen LogP contribution in [-0.2, 0) is 4.79 Å². The van der Waals surface area contributed by atoms with Crippen molar-refractivity contribution in [1.29, 1.82) is 0 Å². The first-order valence-electron chi connectivity index (χ1n) is 7.62. The number of halogens is 1. The summed E-state index contributed by atoms with van der Waals surface area (Å²) in [4.78, 5) is 24.2. The predicted molar refractivity (Wildman–Crippen MR) is 90.4 cm³/mol. The first-order valence-corrected chi connectivity index (χ1v) is 8.60. The molecular weight excluding hydrogens is 331 g/mol. The molecule has 2 aromatic rings. The molecule has 2 rings (SSSR count). The zero-order valence-corrected chi connectivity index (χ0v) is 13.9. The molecule has 0 atom stereocenters. The number of furan rings is 1. The van der Waals surface area contributed by atoms with Crippen LogP contribution in [0.1, 0.15) is 23.4 Å². The van der Waals surface area contributed by atoms with E-state index in [4.69, 9.17) is 4.42 Å². The molecule has 0 aliphatic rings. The van der Waals surface area contributed by atoms with Crippen molar-refractivity contribution in [1.82, 2.24) is 10.6 Å². The van der Waals surface area contributed by atoms with Crippen LogP contribution in [0.15, 0.2) is 52.0 Å². The Hall–Kier alpha value is -2.28. The summed E-state index contributed by atoms with van der Waals surface area (Å²) in [6.07, 6.45) is 2.45. The minimum absolute atomic E-state index is 0.110. The molecule has 0 saturated heterocycles. The smallest absolute Gasteiger partial charge is 0.286 e. The summed E-state index contributed by atoms with van der Waals surface area (Å²) in [7, 11) is 0. The van der Waals surface area contributed by atoms with Crippen molar-refractivity contribution in [3.63, 3.8) is 0 Å². The van der Waals surface area contributed by atoms with Crippen LogP contribution >= 0.6 is 11.8 Å². The van der Waals surface area contributed by atoms with Gasteiger partial charge in [-0.15, -0.1) is 11.8 Å². The summed E-state index contributed by atoms with van der Waals surface area (Å²) in [6, 6.07) is 9.53. The zero-order valence-electron chi connectivity index (χ0n) is 13.1. The third kappa shape index (κ3) is 6.45. The molecule has 0 bridgehead atoms. The van der Waals surface area contributed by atoms with Crippen molar-refractivity contribution in [3.05, 3.63) is 54.2 Å². The van der Waals surface area contributed by atoms with Gasteiger partial charge in [0.2, 0.25) is 5.91 Å². The number of rotatable bonds is 9. The second kappa shape index (κ2) is 9.77. The fourth-order valence-corrected chi connectivity index (χ4v) is 2.75. The summed E-state index contributed by atoms with van der Waals surface area (Å²) in [5, 5.41) is 5.41. The van der Waals surface area contributed by atoms with Crippen LogP contribution in [-0.4, -0.2) is 30.7 Å². The molecule has 1 heterocycles. The number of carbonyl (C=O) groups excluding carboxylic acids is 2. The maximum absolute atomic E-state index is 12.8. The minimum Gasteiger partial charge on any atom is -0.459 e. The van der Waals surface area contributed by atoms with Crippen LogP contribution in [0, 0.1) is 5.82 Å². The Kier molecular flexibility index (Phi) is 7.35. The van der Waals surface area contributed by atoms with Crippen molar-refractivity contribution >= 4 is 23.6 Å². The fourth-order valence-electron chi connectivity index (χ4n) is 1.89. The molecule has 5 nitrogen and oxygen atoms in total. The molecule has 1 aromatic heterocycles. The molecule has 0 spiro atoms. The van der Waals surface area contributed by atoms with Gasteiger partial charge < -0.3 is 15.1 Å². The van der Waals surface area contributed by atoms with Crippen LogP contribution in [0.3, 0.4) is 0 Å². The standard InChI is InChI=1S/C17H19FN2O3S/c18-13-4-6-14(7-5-13)24-12-2-9-19-16(21)8-10-20-17(22)15-3-1-11-23-15/h1,3-7,11H,2,8-10,12H2,(H,19,21)(H,20,22). The lowest BCUT2D eigenvalue weighted by atomic mass is 10.3. The lowest BCUT2D eigenvalue weighted by molar-refractivity contribution is -0.120. The van der Waals surface area contributed by atoms with Gasteiger partial charge in [0.05, 0.1) is 6.26 Å². The first kappa shape index (κ1) is 18.1. The minimum atomic E-state index is -0.330. The van der Waals surface area contributed by atoms with Gasteiger partial charge >= 0.3 is 0 Å². The van der Waals surface area contributed by atoms with Crippen LogP contribution in [0.4, 0.5) is 4.39 Å². The SMILES string of the molecule is O=C(CCNC(=O)c1ccco1)NCCCSc1ccc(F)cc1. The third-order valence-corrected chi connectivity index (χ3v) is 4.21. The Balaban J connectivity index is 1.50. The maximum Gasteiger partial charge on any atom is 0.286 e. The van der Waals surface area contributed by atoms with Gasteiger partial charge in [-0.2, -0.15) is 0 Å². The van der Waals surface area contributed by atoms with E-state index in [2.05, 4.69) is 10.6 Å². The van der Waals surface area contributed by atoms with E-state index < -0.39 is 0 Å². The zero-order chi connectivity index (χ0) is 17.2. The van der Waals surface area contributed by atoms with Gasteiger partial charge in [0, 0.05) is 24.4 Å². The van der Waals surface area contributed by atoms with Gasteiger partial charge in [-0.25, -0.2) is 4.39 Å². The molecule has 0 radical (unpaired) electrons. The van der Waals surface area contributed by atoms with E-state index >= 15 is 0 Å². The van der Waals surface area contributed by atoms with E-state index in [1.165, 1.54) is 18.4 Å². The number of carbonyl (C=O) groups is 2. The second-order valence-corrected chi connectivity index (χ2v) is 6.16. The average molecular weight is 350 g/mol. The van der Waals surface area contributed by atoms with Crippen molar-refractivity contribution in [2.24, 2.45) is 0 Å². The van der Waals surface area contributed by atoms with E-state index in [1.807, 2.05) is 0 Å². The van der Waals surface area contributed by atoms with Gasteiger partial charge in [-0.05, 0) is 48.6 Å². The van der Waals surface area contributed by atoms with Crippen molar-refractivity contribution < 1.29 is 18.4 Å². The normalized spacial score (nSPS) is 10.4. The number of hydrogen-bond acceptors (Lipinski definition) is 4. The number of hydrogen-bond donors (Lipinski definition) is 2. The number of nitrogens with one attached hydrogen (secondary N) is 2. The molecule has 0 saturated carbocycles. The van der Waals surface area contributed by atoms with E-state index in [0.29, 0.717) is 6.54 Å². The molecule has 24 heavy (non-hydrogen) atoms. The van der Waals surface area contributed by atoms with E-state index in [-0.39, 0.29) is 36.4 Å². The number of benzene rings is 1. The maximum atomic E-state index is 12.8. The molecule has 0 aliphatic carbocycles. The highest BCUT2D eigenvalue weighted by Gasteiger charge is 2.08. The molecule has 0 fully saturated rings. The Labute approximate surface area is 144 Å². The topological polar surface area (TPSA) is 71.3 Å². The lowest BCUT2D eigenvalue weighted by Crippen LogP contribution is -2.31. The summed E-state index contributed by atoms with van der Waals surface area (Å²) in [5.41, 5.74) is 0. The lowest BCUT2D eigenvalue weighted by Gasteiger charge is -2.06. The monoisotopic (exact) mass is 350 g/mol. The van der Waals surface area contributed by atoms with Gasteiger partial charge in [-0.1, -0.05) is 0 Å². The van der Waals surface area contributed by atoms with E-state index in [1.54, 1.807) is 36.0 Å². The largest absolute Gasteiger partial charge is 0.459 e. The molecule has 0 aliphatic heterocycles. The summed E-state index contributed by atoms with van der Waals surface area (Å²) in [6.45, 7) is 0.828. The summed E-state index contributed by atoms with van der Waals surface area (Å²) >= 11 is 1.62. The molecule has 1 aromatic carbocycles. The molecule has 0 unspecified atom stereocenters. The molecule has 128 valence electrons. The van der Waals surface area contributed by atoms with Crippen molar-refractivity contribution in [3.8, 4) is 0 Å². The molecule has 2 N–H and O–H groups in total. The Morgan fingerprint density at radius 3 is 2.58 bits per heavy atom. The van der Waals surface area contributed by atoms with Crippen LogP contribution < -0.4 is 10.6 Å².